The van der Waals surface area contributed by atoms with Gasteiger partial charge in [0.2, 0.25) is 5.91 Å². The molecule has 0 aliphatic carbocycles. The first-order valence-electron chi connectivity index (χ1n) is 11.5. The highest BCUT2D eigenvalue weighted by atomic mass is 35.5. The van der Waals surface area contributed by atoms with Crippen molar-refractivity contribution in [1.29, 1.82) is 0 Å². The van der Waals surface area contributed by atoms with Gasteiger partial charge in [-0.1, -0.05) is 34.8 Å². The van der Waals surface area contributed by atoms with E-state index >= 15 is 0 Å². The average molecular weight is 629 g/mol. The van der Waals surface area contributed by atoms with E-state index in [0.717, 1.165) is 4.31 Å². The summed E-state index contributed by atoms with van der Waals surface area (Å²) in [4.78, 5) is 35.8. The fraction of sp³-hybridized carbons (Fsp3) is 0.192. The predicted molar refractivity (Wildman–Crippen MR) is 154 cm³/mol. The first-order valence-corrected chi connectivity index (χ1v) is 14.1. The molecule has 40 heavy (non-hydrogen) atoms. The zero-order valence-corrected chi connectivity index (χ0v) is 24.5. The number of hydrogen-bond donors (Lipinski definition) is 2. The van der Waals surface area contributed by atoms with E-state index in [1.54, 1.807) is 0 Å². The SMILES string of the molecule is CC(=O)Nc1ccc(S(=O)(=O)N(C)c2ccc(OCC(=O)OC(C)C(=O)Nc3cc(Cl)c(Cl)cc3Cl)cc2)cc1. The van der Waals surface area contributed by atoms with Crippen LogP contribution in [0, 0.1) is 0 Å². The van der Waals surface area contributed by atoms with Crippen LogP contribution >= 0.6 is 34.8 Å². The van der Waals surface area contributed by atoms with E-state index < -0.39 is 34.6 Å². The third-order valence-electron chi connectivity index (χ3n) is 5.34. The van der Waals surface area contributed by atoms with Gasteiger partial charge in [0.25, 0.3) is 15.9 Å². The molecule has 3 aromatic rings. The fourth-order valence-corrected chi connectivity index (χ4v) is 5.03. The summed E-state index contributed by atoms with van der Waals surface area (Å²) in [5, 5.41) is 5.64. The molecule has 0 spiro atoms. The highest BCUT2D eigenvalue weighted by Gasteiger charge is 2.22. The summed E-state index contributed by atoms with van der Waals surface area (Å²) in [6, 6.07) is 14.5. The van der Waals surface area contributed by atoms with Crippen molar-refractivity contribution >= 4 is 79.7 Å². The van der Waals surface area contributed by atoms with Crippen LogP contribution in [0.5, 0.6) is 5.75 Å². The molecule has 2 amide bonds. The summed E-state index contributed by atoms with van der Waals surface area (Å²) >= 11 is 17.9. The third-order valence-corrected chi connectivity index (χ3v) is 8.17. The molecule has 0 fully saturated rings. The zero-order chi connectivity index (χ0) is 29.6. The van der Waals surface area contributed by atoms with Gasteiger partial charge in [0.1, 0.15) is 5.75 Å². The Balaban J connectivity index is 1.54. The van der Waals surface area contributed by atoms with Crippen LogP contribution in [0.1, 0.15) is 13.8 Å². The number of esters is 1. The Morgan fingerprint density at radius 2 is 1.50 bits per heavy atom. The largest absolute Gasteiger partial charge is 0.482 e. The van der Waals surface area contributed by atoms with E-state index in [0.29, 0.717) is 11.4 Å². The van der Waals surface area contributed by atoms with Crippen LogP contribution in [0.25, 0.3) is 0 Å². The standard InChI is InChI=1S/C26H24Cl3N3O7S/c1-15(26(35)31-24-13-22(28)21(27)12-23(24)29)39-25(34)14-38-19-8-6-18(7-9-19)32(3)40(36,37)20-10-4-17(5-11-20)30-16(2)33/h4-13,15H,14H2,1-3H3,(H,30,33)(H,31,35). The Hall–Kier alpha value is -3.51. The van der Waals surface area contributed by atoms with Crippen molar-refractivity contribution in [3.63, 3.8) is 0 Å². The van der Waals surface area contributed by atoms with Crippen LogP contribution in [0.15, 0.2) is 65.6 Å². The van der Waals surface area contributed by atoms with E-state index in [2.05, 4.69) is 10.6 Å². The highest BCUT2D eigenvalue weighted by Crippen LogP contribution is 2.32. The van der Waals surface area contributed by atoms with Crippen molar-refractivity contribution in [2.75, 3.05) is 28.6 Å². The molecular formula is C26H24Cl3N3O7S. The minimum atomic E-state index is -3.88. The molecular weight excluding hydrogens is 605 g/mol. The lowest BCUT2D eigenvalue weighted by Gasteiger charge is -2.20. The Morgan fingerprint density at radius 1 is 0.900 bits per heavy atom. The minimum Gasteiger partial charge on any atom is -0.482 e. The second-order valence-corrected chi connectivity index (χ2v) is 11.5. The number of sulfonamides is 1. The molecule has 0 bridgehead atoms. The lowest BCUT2D eigenvalue weighted by molar-refractivity contribution is -0.155. The summed E-state index contributed by atoms with van der Waals surface area (Å²) in [6.07, 6.45) is -1.17. The molecule has 0 saturated carbocycles. The molecule has 212 valence electrons. The molecule has 0 aliphatic rings. The van der Waals surface area contributed by atoms with Crippen LogP contribution in [-0.4, -0.2) is 46.0 Å². The Morgan fingerprint density at radius 3 is 2.10 bits per heavy atom. The van der Waals surface area contributed by atoms with Gasteiger partial charge >= 0.3 is 5.97 Å². The predicted octanol–water partition coefficient (Wildman–Crippen LogP) is 5.38. The highest BCUT2D eigenvalue weighted by molar-refractivity contribution is 7.92. The van der Waals surface area contributed by atoms with Crippen molar-refractivity contribution in [2.45, 2.75) is 24.8 Å². The monoisotopic (exact) mass is 627 g/mol. The Bertz CT molecular complexity index is 1520. The fourth-order valence-electron chi connectivity index (χ4n) is 3.24. The number of nitrogens with zero attached hydrogens (tertiary/aromatic N) is 1. The number of ether oxygens (including phenoxy) is 2. The maximum Gasteiger partial charge on any atom is 0.344 e. The van der Waals surface area contributed by atoms with Gasteiger partial charge in [0.15, 0.2) is 12.7 Å². The molecule has 0 saturated heterocycles. The number of benzene rings is 3. The number of anilines is 3. The number of halogens is 3. The second kappa shape index (κ2) is 13.2. The normalized spacial score (nSPS) is 11.8. The van der Waals surface area contributed by atoms with Crippen molar-refractivity contribution in [3.05, 3.63) is 75.7 Å². The molecule has 10 nitrogen and oxygen atoms in total. The van der Waals surface area contributed by atoms with Crippen LogP contribution in [0.4, 0.5) is 17.1 Å². The van der Waals surface area contributed by atoms with Gasteiger partial charge in [-0.25, -0.2) is 13.2 Å². The molecule has 14 heteroatoms. The van der Waals surface area contributed by atoms with E-state index in [4.69, 9.17) is 44.3 Å². The third kappa shape index (κ3) is 8.01. The maximum absolute atomic E-state index is 13.0. The number of carbonyl (C=O) groups is 3. The van der Waals surface area contributed by atoms with E-state index in [9.17, 15) is 22.8 Å². The summed E-state index contributed by atoms with van der Waals surface area (Å²) in [7, 11) is -2.49. The minimum absolute atomic E-state index is 0.0340. The molecule has 3 rings (SSSR count). The molecule has 3 aromatic carbocycles. The Labute approximate surface area is 246 Å². The summed E-state index contributed by atoms with van der Waals surface area (Å²) in [5.41, 5.74) is 1.02. The van der Waals surface area contributed by atoms with Gasteiger partial charge in [0.05, 0.1) is 31.3 Å². The van der Waals surface area contributed by atoms with Crippen LogP contribution in [0.3, 0.4) is 0 Å². The molecule has 0 radical (unpaired) electrons. The average Bonchev–Trinajstić information content (AvgIpc) is 2.90. The molecule has 2 N–H and O–H groups in total. The van der Waals surface area contributed by atoms with Gasteiger partial charge in [-0.15, -0.1) is 0 Å². The smallest absolute Gasteiger partial charge is 0.344 e. The maximum atomic E-state index is 13.0. The zero-order valence-electron chi connectivity index (χ0n) is 21.4. The van der Waals surface area contributed by atoms with Crippen molar-refractivity contribution < 1.29 is 32.3 Å². The number of nitrogens with one attached hydrogen (secondary N) is 2. The van der Waals surface area contributed by atoms with Gasteiger partial charge < -0.3 is 20.1 Å². The van der Waals surface area contributed by atoms with Crippen LogP contribution < -0.4 is 19.7 Å². The van der Waals surface area contributed by atoms with Crippen molar-refractivity contribution in [2.24, 2.45) is 0 Å². The van der Waals surface area contributed by atoms with E-state index in [-0.39, 0.29) is 37.3 Å². The van der Waals surface area contributed by atoms with Gasteiger partial charge in [-0.2, -0.15) is 0 Å². The van der Waals surface area contributed by atoms with Crippen molar-refractivity contribution in [1.82, 2.24) is 0 Å². The summed E-state index contributed by atoms with van der Waals surface area (Å²) in [6.45, 7) is 2.22. The van der Waals surface area contributed by atoms with Crippen LogP contribution in [-0.2, 0) is 29.1 Å². The summed E-state index contributed by atoms with van der Waals surface area (Å²) in [5.74, 6) is -1.46. The van der Waals surface area contributed by atoms with Gasteiger partial charge in [-0.05, 0) is 67.6 Å². The lowest BCUT2D eigenvalue weighted by atomic mass is 10.3. The number of amides is 2. The summed E-state index contributed by atoms with van der Waals surface area (Å²) < 4.78 is 37.5. The van der Waals surface area contributed by atoms with Crippen LogP contribution in [0.2, 0.25) is 15.1 Å². The first-order chi connectivity index (χ1) is 18.8. The van der Waals surface area contributed by atoms with Gasteiger partial charge in [-0.3, -0.25) is 13.9 Å². The Kier molecular flexibility index (Phi) is 10.3. The second-order valence-electron chi connectivity index (χ2n) is 8.33. The lowest BCUT2D eigenvalue weighted by Crippen LogP contribution is -2.31. The molecule has 0 aliphatic heterocycles. The number of carbonyl (C=O) groups excluding carboxylic acids is 3. The molecule has 1 atom stereocenters. The number of hydrogen-bond acceptors (Lipinski definition) is 7. The molecule has 0 aromatic heterocycles. The van der Waals surface area contributed by atoms with Crippen molar-refractivity contribution in [3.8, 4) is 5.75 Å². The topological polar surface area (TPSA) is 131 Å². The quantitative estimate of drug-likeness (QED) is 0.228. The van der Waals surface area contributed by atoms with E-state index in [1.807, 2.05) is 0 Å². The van der Waals surface area contributed by atoms with Gasteiger partial charge in [0, 0.05) is 19.7 Å². The number of rotatable bonds is 10. The molecule has 1 unspecified atom stereocenters. The van der Waals surface area contributed by atoms with E-state index in [1.165, 1.54) is 81.6 Å². The first kappa shape index (κ1) is 31.0. The molecule has 0 heterocycles.